The van der Waals surface area contributed by atoms with Crippen molar-refractivity contribution in [2.24, 2.45) is 5.10 Å². The Labute approximate surface area is 138 Å². The molecule has 2 aromatic rings. The van der Waals surface area contributed by atoms with Gasteiger partial charge in [0.1, 0.15) is 5.75 Å². The van der Waals surface area contributed by atoms with Crippen molar-refractivity contribution in [3.63, 3.8) is 0 Å². The van der Waals surface area contributed by atoms with Crippen LogP contribution in [0.5, 0.6) is 5.75 Å². The lowest BCUT2D eigenvalue weighted by molar-refractivity contribution is 0.131. The summed E-state index contributed by atoms with van der Waals surface area (Å²) in [5.74, 6) is 0.872. The van der Waals surface area contributed by atoms with Crippen LogP contribution in [-0.2, 0) is 6.54 Å². The fourth-order valence-corrected chi connectivity index (χ4v) is 2.69. The Morgan fingerprint density at radius 2 is 1.65 bits per heavy atom. The lowest BCUT2D eigenvalue weighted by Gasteiger charge is -2.33. The molecule has 0 amide bonds. The summed E-state index contributed by atoms with van der Waals surface area (Å²) in [6.45, 7) is 5.07. The molecular weight excluding hydrogens is 286 g/mol. The zero-order valence-corrected chi connectivity index (χ0v) is 13.6. The molecule has 0 aromatic heterocycles. The van der Waals surface area contributed by atoms with Crippen molar-refractivity contribution in [2.45, 2.75) is 6.54 Å². The second-order valence-electron chi connectivity index (χ2n) is 5.73. The molecule has 0 bridgehead atoms. The van der Waals surface area contributed by atoms with Crippen molar-refractivity contribution in [3.05, 3.63) is 65.7 Å². The van der Waals surface area contributed by atoms with Crippen molar-refractivity contribution in [1.29, 1.82) is 0 Å². The molecule has 23 heavy (non-hydrogen) atoms. The first kappa shape index (κ1) is 15.6. The third kappa shape index (κ3) is 4.57. The highest BCUT2D eigenvalue weighted by Gasteiger charge is 2.15. The Morgan fingerprint density at radius 1 is 0.957 bits per heavy atom. The summed E-state index contributed by atoms with van der Waals surface area (Å²) in [7, 11) is 1.68. The lowest BCUT2D eigenvalue weighted by atomic mass is 10.2. The average Bonchev–Trinajstić information content (AvgIpc) is 2.62. The first-order valence-corrected chi connectivity index (χ1v) is 8.03. The third-order valence-corrected chi connectivity index (χ3v) is 4.08. The highest BCUT2D eigenvalue weighted by molar-refractivity contribution is 5.79. The maximum absolute atomic E-state index is 5.16. The number of hydrogen-bond donors (Lipinski definition) is 0. The second kappa shape index (κ2) is 7.79. The highest BCUT2D eigenvalue weighted by atomic mass is 16.5. The van der Waals surface area contributed by atoms with E-state index in [1.807, 2.05) is 30.5 Å². The van der Waals surface area contributed by atoms with Gasteiger partial charge in [0, 0.05) is 32.7 Å². The summed E-state index contributed by atoms with van der Waals surface area (Å²) in [5, 5.41) is 6.74. The predicted octanol–water partition coefficient (Wildman–Crippen LogP) is 2.85. The van der Waals surface area contributed by atoms with E-state index in [2.05, 4.69) is 45.3 Å². The Balaban J connectivity index is 1.47. The first-order valence-electron chi connectivity index (χ1n) is 8.03. The molecule has 0 radical (unpaired) electrons. The van der Waals surface area contributed by atoms with Crippen LogP contribution in [0.15, 0.2) is 59.7 Å². The summed E-state index contributed by atoms with van der Waals surface area (Å²) < 4.78 is 5.16. The number of ether oxygens (including phenoxy) is 1. The first-order chi connectivity index (χ1) is 11.3. The number of hydrogen-bond acceptors (Lipinski definition) is 4. The third-order valence-electron chi connectivity index (χ3n) is 4.08. The summed E-state index contributed by atoms with van der Waals surface area (Å²) in [4.78, 5) is 2.48. The predicted molar refractivity (Wildman–Crippen MR) is 93.9 cm³/mol. The van der Waals surface area contributed by atoms with Crippen molar-refractivity contribution in [2.75, 3.05) is 33.3 Å². The fourth-order valence-electron chi connectivity index (χ4n) is 2.69. The van der Waals surface area contributed by atoms with Crippen molar-refractivity contribution in [1.82, 2.24) is 9.91 Å². The molecule has 4 nitrogen and oxygen atoms in total. The number of methoxy groups -OCH3 is 1. The normalized spacial score (nSPS) is 16.0. The van der Waals surface area contributed by atoms with Crippen LogP contribution in [0.25, 0.3) is 0 Å². The minimum absolute atomic E-state index is 0.872. The molecule has 120 valence electrons. The van der Waals surface area contributed by atoms with Gasteiger partial charge in [-0.05, 0) is 35.4 Å². The van der Waals surface area contributed by atoms with Gasteiger partial charge < -0.3 is 4.74 Å². The van der Waals surface area contributed by atoms with Gasteiger partial charge in [0.25, 0.3) is 0 Å². The minimum Gasteiger partial charge on any atom is -0.497 e. The molecule has 1 saturated heterocycles. The van der Waals surface area contributed by atoms with Gasteiger partial charge in [-0.2, -0.15) is 5.10 Å². The molecule has 1 aliphatic heterocycles. The van der Waals surface area contributed by atoms with Crippen molar-refractivity contribution >= 4 is 6.21 Å². The Bertz CT molecular complexity index is 617. The summed E-state index contributed by atoms with van der Waals surface area (Å²) in [6.07, 6.45) is 1.92. The van der Waals surface area contributed by atoms with E-state index in [1.165, 1.54) is 5.56 Å². The van der Waals surface area contributed by atoms with Crippen LogP contribution in [0.1, 0.15) is 11.1 Å². The maximum atomic E-state index is 5.16. The van der Waals surface area contributed by atoms with E-state index in [1.54, 1.807) is 7.11 Å². The van der Waals surface area contributed by atoms with Crippen LogP contribution in [-0.4, -0.2) is 49.4 Å². The Morgan fingerprint density at radius 3 is 2.30 bits per heavy atom. The van der Waals surface area contributed by atoms with Gasteiger partial charge >= 0.3 is 0 Å². The zero-order chi connectivity index (χ0) is 15.9. The number of benzene rings is 2. The molecule has 1 fully saturated rings. The summed E-state index contributed by atoms with van der Waals surface area (Å²) in [6, 6.07) is 18.6. The van der Waals surface area contributed by atoms with Crippen LogP contribution in [0.2, 0.25) is 0 Å². The van der Waals surface area contributed by atoms with Crippen LogP contribution in [0.4, 0.5) is 0 Å². The van der Waals surface area contributed by atoms with E-state index in [-0.39, 0.29) is 0 Å². The smallest absolute Gasteiger partial charge is 0.118 e. The number of hydrazone groups is 1. The molecule has 0 atom stereocenters. The largest absolute Gasteiger partial charge is 0.497 e. The van der Waals surface area contributed by atoms with Crippen LogP contribution in [0, 0.1) is 0 Å². The van der Waals surface area contributed by atoms with E-state index in [4.69, 9.17) is 4.74 Å². The topological polar surface area (TPSA) is 28.1 Å². The van der Waals surface area contributed by atoms with Gasteiger partial charge in [-0.15, -0.1) is 0 Å². The van der Waals surface area contributed by atoms with E-state index in [9.17, 15) is 0 Å². The molecule has 3 rings (SSSR count). The maximum Gasteiger partial charge on any atom is 0.118 e. The molecule has 2 aromatic carbocycles. The van der Waals surface area contributed by atoms with Crippen LogP contribution < -0.4 is 4.74 Å². The highest BCUT2D eigenvalue weighted by Crippen LogP contribution is 2.11. The summed E-state index contributed by atoms with van der Waals surface area (Å²) in [5.41, 5.74) is 2.47. The van der Waals surface area contributed by atoms with Gasteiger partial charge in [0.05, 0.1) is 13.3 Å². The second-order valence-corrected chi connectivity index (χ2v) is 5.73. The monoisotopic (exact) mass is 309 g/mol. The molecule has 0 spiro atoms. The van der Waals surface area contributed by atoms with Gasteiger partial charge in [-0.3, -0.25) is 9.91 Å². The van der Waals surface area contributed by atoms with Gasteiger partial charge in [0.15, 0.2) is 0 Å². The van der Waals surface area contributed by atoms with Crippen LogP contribution in [0.3, 0.4) is 0 Å². The number of piperazine rings is 1. The molecule has 4 heteroatoms. The van der Waals surface area contributed by atoms with Gasteiger partial charge in [-0.1, -0.05) is 30.3 Å². The Hall–Kier alpha value is -2.33. The molecule has 0 aliphatic carbocycles. The van der Waals surface area contributed by atoms with Gasteiger partial charge in [0.2, 0.25) is 0 Å². The number of nitrogens with zero attached hydrogens (tertiary/aromatic N) is 3. The molecular formula is C19H23N3O. The van der Waals surface area contributed by atoms with E-state index in [0.29, 0.717) is 0 Å². The quantitative estimate of drug-likeness (QED) is 0.795. The van der Waals surface area contributed by atoms with E-state index in [0.717, 1.165) is 44.0 Å². The SMILES string of the molecule is COc1ccc(/C=N/N2CCN(Cc3ccccc3)CC2)cc1. The average molecular weight is 309 g/mol. The molecule has 1 heterocycles. The minimum atomic E-state index is 0.872. The van der Waals surface area contributed by atoms with E-state index >= 15 is 0 Å². The molecule has 0 N–H and O–H groups in total. The zero-order valence-electron chi connectivity index (χ0n) is 13.6. The van der Waals surface area contributed by atoms with Crippen molar-refractivity contribution < 1.29 is 4.74 Å². The standard InChI is InChI=1S/C19H23N3O/c1-23-19-9-7-17(8-10-19)15-20-22-13-11-21(12-14-22)16-18-5-3-2-4-6-18/h2-10,15H,11-14,16H2,1H3/b20-15+. The molecule has 0 unspecified atom stereocenters. The Kier molecular flexibility index (Phi) is 5.27. The van der Waals surface area contributed by atoms with Gasteiger partial charge in [-0.25, -0.2) is 0 Å². The molecule has 1 aliphatic rings. The van der Waals surface area contributed by atoms with E-state index < -0.39 is 0 Å². The lowest BCUT2D eigenvalue weighted by Crippen LogP contribution is -2.43. The van der Waals surface area contributed by atoms with Crippen molar-refractivity contribution in [3.8, 4) is 5.75 Å². The molecule has 0 saturated carbocycles. The fraction of sp³-hybridized carbons (Fsp3) is 0.316. The van der Waals surface area contributed by atoms with Crippen LogP contribution >= 0.6 is 0 Å². The number of rotatable bonds is 5. The summed E-state index contributed by atoms with van der Waals surface area (Å²) >= 11 is 0.